The predicted molar refractivity (Wildman–Crippen MR) is 91.4 cm³/mol. The fourth-order valence-electron chi connectivity index (χ4n) is 2.19. The number of halogens is 1. The molecule has 3 rings (SSSR count). The Labute approximate surface area is 137 Å². The van der Waals surface area contributed by atoms with Crippen molar-refractivity contribution in [3.63, 3.8) is 0 Å². The summed E-state index contributed by atoms with van der Waals surface area (Å²) in [6.07, 6.45) is 4.45. The summed E-state index contributed by atoms with van der Waals surface area (Å²) in [5, 5.41) is 0.513. The molecule has 0 fully saturated rings. The van der Waals surface area contributed by atoms with Gasteiger partial charge in [-0.25, -0.2) is 12.8 Å². The second kappa shape index (κ2) is 6.10. The number of rotatable bonds is 4. The summed E-state index contributed by atoms with van der Waals surface area (Å²) in [6.45, 7) is 0. The van der Waals surface area contributed by atoms with E-state index >= 15 is 0 Å². The molecule has 0 bridgehead atoms. The van der Waals surface area contributed by atoms with E-state index in [0.717, 1.165) is 27.8 Å². The molecule has 0 amide bonds. The van der Waals surface area contributed by atoms with Crippen LogP contribution in [0, 0.1) is 5.82 Å². The van der Waals surface area contributed by atoms with Crippen LogP contribution in [0.5, 0.6) is 0 Å². The third-order valence-corrected chi connectivity index (χ3v) is 4.94. The van der Waals surface area contributed by atoms with Crippen LogP contribution in [0.2, 0.25) is 0 Å². The summed E-state index contributed by atoms with van der Waals surface area (Å²) in [5.41, 5.74) is 2.61. The van der Waals surface area contributed by atoms with Gasteiger partial charge in [-0.05, 0) is 41.5 Å². The number of nitrogens with zero attached hydrogens (tertiary/aromatic N) is 1. The number of benzene rings is 1. The van der Waals surface area contributed by atoms with Gasteiger partial charge >= 0.3 is 0 Å². The number of thiophene rings is 1. The first-order chi connectivity index (χ1) is 10.9. The van der Waals surface area contributed by atoms with Crippen LogP contribution >= 0.6 is 11.3 Å². The maximum absolute atomic E-state index is 13.2. The van der Waals surface area contributed by atoms with Gasteiger partial charge in [-0.3, -0.25) is 9.71 Å². The van der Waals surface area contributed by atoms with Crippen LogP contribution in [0.15, 0.2) is 54.9 Å². The third kappa shape index (κ3) is 3.75. The molecule has 0 aliphatic rings. The van der Waals surface area contributed by atoms with E-state index in [1.165, 1.54) is 23.5 Å². The molecule has 0 aliphatic heterocycles. The zero-order valence-corrected chi connectivity index (χ0v) is 13.8. The molecular weight excluding hydrogens is 335 g/mol. The molecule has 4 nitrogen and oxygen atoms in total. The first kappa shape index (κ1) is 15.6. The van der Waals surface area contributed by atoms with Crippen molar-refractivity contribution in [2.24, 2.45) is 0 Å². The second-order valence-electron chi connectivity index (χ2n) is 4.97. The lowest BCUT2D eigenvalue weighted by molar-refractivity contribution is 0.607. The standard InChI is InChI=1S/C16H13FN2O2S2/c1-23(20,21)19-15-10-14(11-6-8-18-9-7-11)16(22-15)12-2-4-13(17)5-3-12/h2-10,19H,1H3. The Morgan fingerprint density at radius 3 is 2.30 bits per heavy atom. The Bertz CT molecular complexity index is 920. The normalized spacial score (nSPS) is 11.4. The molecule has 2 aromatic heterocycles. The van der Waals surface area contributed by atoms with E-state index < -0.39 is 10.0 Å². The lowest BCUT2D eigenvalue weighted by Crippen LogP contribution is -2.07. The Balaban J connectivity index is 2.14. The number of sulfonamides is 1. The van der Waals surface area contributed by atoms with Crippen molar-refractivity contribution < 1.29 is 12.8 Å². The molecule has 1 aromatic carbocycles. The van der Waals surface area contributed by atoms with E-state index in [4.69, 9.17) is 0 Å². The zero-order valence-electron chi connectivity index (χ0n) is 12.2. The van der Waals surface area contributed by atoms with Crippen molar-refractivity contribution in [3.05, 3.63) is 60.7 Å². The molecule has 0 saturated heterocycles. The smallest absolute Gasteiger partial charge is 0.230 e. The average molecular weight is 348 g/mol. The van der Waals surface area contributed by atoms with Gasteiger partial charge in [0.05, 0.1) is 6.26 Å². The SMILES string of the molecule is CS(=O)(=O)Nc1cc(-c2ccncc2)c(-c2ccc(F)cc2)s1. The molecule has 7 heteroatoms. The van der Waals surface area contributed by atoms with Crippen molar-refractivity contribution in [1.29, 1.82) is 0 Å². The average Bonchev–Trinajstić information content (AvgIpc) is 2.90. The van der Waals surface area contributed by atoms with Gasteiger partial charge in [0.15, 0.2) is 0 Å². The minimum Gasteiger partial charge on any atom is -0.275 e. The first-order valence-corrected chi connectivity index (χ1v) is 9.41. The summed E-state index contributed by atoms with van der Waals surface area (Å²) in [6, 6.07) is 11.6. The first-order valence-electron chi connectivity index (χ1n) is 6.70. The number of pyridine rings is 1. The van der Waals surface area contributed by atoms with Gasteiger partial charge < -0.3 is 0 Å². The number of aromatic nitrogens is 1. The van der Waals surface area contributed by atoms with Crippen LogP contribution in [-0.2, 0) is 10.0 Å². The second-order valence-corrected chi connectivity index (χ2v) is 7.77. The van der Waals surface area contributed by atoms with E-state index in [0.29, 0.717) is 5.00 Å². The highest BCUT2D eigenvalue weighted by molar-refractivity contribution is 7.92. The van der Waals surface area contributed by atoms with Gasteiger partial charge in [-0.15, -0.1) is 11.3 Å². The van der Waals surface area contributed by atoms with Crippen LogP contribution in [0.25, 0.3) is 21.6 Å². The molecule has 0 unspecified atom stereocenters. The van der Waals surface area contributed by atoms with Gasteiger partial charge in [0.1, 0.15) is 10.8 Å². The predicted octanol–water partition coefficient (Wildman–Crippen LogP) is 3.99. The maximum Gasteiger partial charge on any atom is 0.230 e. The highest BCUT2D eigenvalue weighted by Gasteiger charge is 2.15. The van der Waals surface area contributed by atoms with Gasteiger partial charge in [-0.1, -0.05) is 12.1 Å². The van der Waals surface area contributed by atoms with Crippen molar-refractivity contribution in [2.45, 2.75) is 0 Å². The minimum atomic E-state index is -3.36. The summed E-state index contributed by atoms with van der Waals surface area (Å²) in [5.74, 6) is -0.315. The van der Waals surface area contributed by atoms with Crippen LogP contribution in [-0.4, -0.2) is 19.7 Å². The van der Waals surface area contributed by atoms with Crippen LogP contribution in [0.3, 0.4) is 0 Å². The van der Waals surface area contributed by atoms with Crippen molar-refractivity contribution in [3.8, 4) is 21.6 Å². The zero-order chi connectivity index (χ0) is 16.4. The molecule has 23 heavy (non-hydrogen) atoms. The van der Waals surface area contributed by atoms with Crippen molar-refractivity contribution >= 4 is 26.4 Å². The molecule has 0 spiro atoms. The van der Waals surface area contributed by atoms with Gasteiger partial charge in [0.25, 0.3) is 0 Å². The Kier molecular flexibility index (Phi) is 4.14. The molecule has 2 heterocycles. The quantitative estimate of drug-likeness (QED) is 0.775. The molecule has 0 aliphatic carbocycles. The van der Waals surface area contributed by atoms with Gasteiger partial charge in [0.2, 0.25) is 10.0 Å². The van der Waals surface area contributed by atoms with E-state index in [-0.39, 0.29) is 5.82 Å². The van der Waals surface area contributed by atoms with Crippen LogP contribution in [0.4, 0.5) is 9.39 Å². The molecule has 1 N–H and O–H groups in total. The lowest BCUT2D eigenvalue weighted by Gasteiger charge is -2.03. The van der Waals surface area contributed by atoms with Crippen LogP contribution in [0.1, 0.15) is 0 Å². The molecule has 3 aromatic rings. The molecule has 0 saturated carbocycles. The fraction of sp³-hybridized carbons (Fsp3) is 0.0625. The van der Waals surface area contributed by atoms with Crippen molar-refractivity contribution in [1.82, 2.24) is 4.98 Å². The Hall–Kier alpha value is -2.25. The molecular formula is C16H13FN2O2S2. The van der Waals surface area contributed by atoms with Crippen LogP contribution < -0.4 is 4.72 Å². The molecule has 0 atom stereocenters. The molecule has 0 radical (unpaired) electrons. The summed E-state index contributed by atoms with van der Waals surface area (Å²) in [4.78, 5) is 4.86. The number of hydrogen-bond donors (Lipinski definition) is 1. The monoisotopic (exact) mass is 348 g/mol. The lowest BCUT2D eigenvalue weighted by atomic mass is 10.0. The van der Waals surface area contributed by atoms with E-state index in [9.17, 15) is 12.8 Å². The third-order valence-electron chi connectivity index (χ3n) is 3.12. The van der Waals surface area contributed by atoms with Crippen molar-refractivity contribution in [2.75, 3.05) is 11.0 Å². The number of hydrogen-bond acceptors (Lipinski definition) is 4. The number of nitrogens with one attached hydrogen (secondary N) is 1. The summed E-state index contributed by atoms with van der Waals surface area (Å²) >= 11 is 1.31. The highest BCUT2D eigenvalue weighted by Crippen LogP contribution is 2.41. The van der Waals surface area contributed by atoms with Gasteiger partial charge in [0, 0.05) is 22.8 Å². The van der Waals surface area contributed by atoms with E-state index in [1.54, 1.807) is 30.6 Å². The van der Waals surface area contributed by atoms with Gasteiger partial charge in [-0.2, -0.15) is 0 Å². The Morgan fingerprint density at radius 2 is 1.70 bits per heavy atom. The fourth-order valence-corrected chi connectivity index (χ4v) is 4.17. The van der Waals surface area contributed by atoms with E-state index in [2.05, 4.69) is 9.71 Å². The van der Waals surface area contributed by atoms with E-state index in [1.807, 2.05) is 12.1 Å². The number of anilines is 1. The molecule has 118 valence electrons. The highest BCUT2D eigenvalue weighted by atomic mass is 32.2. The summed E-state index contributed by atoms with van der Waals surface area (Å²) < 4.78 is 38.6. The minimum absolute atomic E-state index is 0.315. The topological polar surface area (TPSA) is 59.1 Å². The largest absolute Gasteiger partial charge is 0.275 e. The Morgan fingerprint density at radius 1 is 1.04 bits per heavy atom. The maximum atomic E-state index is 13.2. The summed E-state index contributed by atoms with van der Waals surface area (Å²) in [7, 11) is -3.36.